The summed E-state index contributed by atoms with van der Waals surface area (Å²) in [5, 5.41) is 6.64. The molecule has 2 heterocycles. The fourth-order valence-electron chi connectivity index (χ4n) is 3.10. The van der Waals surface area contributed by atoms with Crippen LogP contribution in [0.5, 0.6) is 11.5 Å². The van der Waals surface area contributed by atoms with E-state index >= 15 is 0 Å². The minimum Gasteiger partial charge on any atom is -0.454 e. The molecular weight excluding hydrogens is 346 g/mol. The van der Waals surface area contributed by atoms with Crippen LogP contribution in [0.2, 0.25) is 0 Å². The van der Waals surface area contributed by atoms with Gasteiger partial charge in [0.2, 0.25) is 6.79 Å². The second-order valence-electron chi connectivity index (χ2n) is 6.79. The fraction of sp³-hybridized carbons (Fsp3) is 0.650. The molecule has 1 saturated heterocycles. The van der Waals surface area contributed by atoms with E-state index in [1.807, 2.05) is 18.2 Å². The summed E-state index contributed by atoms with van der Waals surface area (Å²) in [5.74, 6) is 3.07. The molecule has 0 spiro atoms. The van der Waals surface area contributed by atoms with Gasteiger partial charge in [0.1, 0.15) is 0 Å². The summed E-state index contributed by atoms with van der Waals surface area (Å²) in [6, 6.07) is 5.94. The van der Waals surface area contributed by atoms with E-state index in [4.69, 9.17) is 18.9 Å². The van der Waals surface area contributed by atoms with Crippen molar-refractivity contribution >= 4 is 5.96 Å². The van der Waals surface area contributed by atoms with Crippen LogP contribution in [0, 0.1) is 5.92 Å². The lowest BCUT2D eigenvalue weighted by atomic mass is 10.0. The molecule has 0 bridgehead atoms. The molecule has 7 nitrogen and oxygen atoms in total. The summed E-state index contributed by atoms with van der Waals surface area (Å²) in [7, 11) is 0. The van der Waals surface area contributed by atoms with Crippen LogP contribution >= 0.6 is 0 Å². The van der Waals surface area contributed by atoms with Crippen LogP contribution in [0.4, 0.5) is 0 Å². The van der Waals surface area contributed by atoms with Gasteiger partial charge in [-0.05, 0) is 49.8 Å². The molecule has 150 valence electrons. The largest absolute Gasteiger partial charge is 0.454 e. The van der Waals surface area contributed by atoms with Crippen molar-refractivity contribution in [3.63, 3.8) is 0 Å². The van der Waals surface area contributed by atoms with Gasteiger partial charge in [-0.25, -0.2) is 4.99 Å². The van der Waals surface area contributed by atoms with Crippen LogP contribution in [0.15, 0.2) is 23.2 Å². The van der Waals surface area contributed by atoms with Crippen molar-refractivity contribution in [1.29, 1.82) is 0 Å². The maximum Gasteiger partial charge on any atom is 0.231 e. The second kappa shape index (κ2) is 11.0. The van der Waals surface area contributed by atoms with E-state index in [-0.39, 0.29) is 0 Å². The molecule has 3 rings (SSSR count). The van der Waals surface area contributed by atoms with Crippen LogP contribution in [0.1, 0.15) is 31.7 Å². The molecule has 0 unspecified atom stereocenters. The van der Waals surface area contributed by atoms with E-state index in [9.17, 15) is 0 Å². The zero-order valence-corrected chi connectivity index (χ0v) is 16.2. The SMILES string of the molecule is CCNC(=NCc1ccc2c(c1)OCO2)NCCCOCC1CCOCC1. The molecule has 1 fully saturated rings. The summed E-state index contributed by atoms with van der Waals surface area (Å²) in [6.07, 6.45) is 3.20. The highest BCUT2D eigenvalue weighted by atomic mass is 16.7. The lowest BCUT2D eigenvalue weighted by Crippen LogP contribution is -2.38. The first-order chi connectivity index (χ1) is 13.3. The van der Waals surface area contributed by atoms with Gasteiger partial charge >= 0.3 is 0 Å². The fourth-order valence-corrected chi connectivity index (χ4v) is 3.10. The van der Waals surface area contributed by atoms with Crippen LogP contribution in [0.3, 0.4) is 0 Å². The number of nitrogens with one attached hydrogen (secondary N) is 2. The highest BCUT2D eigenvalue weighted by Crippen LogP contribution is 2.32. The van der Waals surface area contributed by atoms with Crippen molar-refractivity contribution in [2.45, 2.75) is 32.7 Å². The maximum atomic E-state index is 5.81. The van der Waals surface area contributed by atoms with Gasteiger partial charge < -0.3 is 29.6 Å². The Bertz CT molecular complexity index is 603. The van der Waals surface area contributed by atoms with Crippen LogP contribution in [-0.2, 0) is 16.0 Å². The first-order valence-electron chi connectivity index (χ1n) is 9.91. The van der Waals surface area contributed by atoms with Crippen LogP contribution < -0.4 is 20.1 Å². The Morgan fingerprint density at radius 3 is 2.89 bits per heavy atom. The average molecular weight is 377 g/mol. The zero-order valence-electron chi connectivity index (χ0n) is 16.2. The number of fused-ring (bicyclic) bond motifs is 1. The average Bonchev–Trinajstić information content (AvgIpc) is 3.17. The normalized spacial score (nSPS) is 17.1. The van der Waals surface area contributed by atoms with Gasteiger partial charge in [-0.1, -0.05) is 6.07 Å². The lowest BCUT2D eigenvalue weighted by molar-refractivity contribution is 0.0203. The van der Waals surface area contributed by atoms with E-state index < -0.39 is 0 Å². The zero-order chi connectivity index (χ0) is 18.7. The summed E-state index contributed by atoms with van der Waals surface area (Å²) in [6.45, 7) is 7.98. The molecule has 1 aromatic carbocycles. The molecule has 0 atom stereocenters. The molecule has 0 aromatic heterocycles. The molecule has 1 aromatic rings. The first-order valence-corrected chi connectivity index (χ1v) is 9.91. The van der Waals surface area contributed by atoms with E-state index in [0.717, 1.165) is 81.8 Å². The number of rotatable bonds is 9. The highest BCUT2D eigenvalue weighted by molar-refractivity contribution is 5.79. The molecule has 0 amide bonds. The topological polar surface area (TPSA) is 73.3 Å². The maximum absolute atomic E-state index is 5.81. The van der Waals surface area contributed by atoms with Crippen molar-refractivity contribution in [2.24, 2.45) is 10.9 Å². The summed E-state index contributed by atoms with van der Waals surface area (Å²) < 4.78 is 21.9. The Kier molecular flexibility index (Phi) is 8.04. The van der Waals surface area contributed by atoms with Crippen molar-refractivity contribution in [1.82, 2.24) is 10.6 Å². The standard InChI is InChI=1S/C20H31N3O4/c1-2-21-20(22-8-3-9-25-14-16-6-10-24-11-7-16)23-13-17-4-5-18-19(12-17)27-15-26-18/h4-5,12,16H,2-3,6-11,13-15H2,1H3,(H2,21,22,23). The number of nitrogens with zero attached hydrogens (tertiary/aromatic N) is 1. The smallest absolute Gasteiger partial charge is 0.231 e. The predicted octanol–water partition coefficient (Wildman–Crippen LogP) is 2.30. The minimum absolute atomic E-state index is 0.294. The molecule has 2 aliphatic heterocycles. The van der Waals surface area contributed by atoms with Gasteiger partial charge in [-0.3, -0.25) is 0 Å². The quantitative estimate of drug-likeness (QED) is 0.391. The molecule has 0 aliphatic carbocycles. The van der Waals surface area contributed by atoms with Crippen LogP contribution in [0.25, 0.3) is 0 Å². The van der Waals surface area contributed by atoms with Gasteiger partial charge in [0.05, 0.1) is 6.54 Å². The molecule has 2 N–H and O–H groups in total. The summed E-state index contributed by atoms with van der Waals surface area (Å²) >= 11 is 0. The van der Waals surface area contributed by atoms with E-state index in [0.29, 0.717) is 19.3 Å². The van der Waals surface area contributed by atoms with Crippen molar-refractivity contribution in [3.05, 3.63) is 23.8 Å². The van der Waals surface area contributed by atoms with Crippen molar-refractivity contribution in [3.8, 4) is 11.5 Å². The second-order valence-corrected chi connectivity index (χ2v) is 6.79. The van der Waals surface area contributed by atoms with E-state index in [1.54, 1.807) is 0 Å². The highest BCUT2D eigenvalue weighted by Gasteiger charge is 2.14. The third kappa shape index (κ3) is 6.59. The van der Waals surface area contributed by atoms with Crippen molar-refractivity contribution in [2.75, 3.05) is 46.3 Å². The molecule has 7 heteroatoms. The number of hydrogen-bond acceptors (Lipinski definition) is 5. The Hall–Kier alpha value is -1.99. The molecule has 0 radical (unpaired) electrons. The van der Waals surface area contributed by atoms with Gasteiger partial charge in [0.15, 0.2) is 17.5 Å². The summed E-state index contributed by atoms with van der Waals surface area (Å²) in [5.41, 5.74) is 1.09. The Morgan fingerprint density at radius 1 is 1.19 bits per heavy atom. The van der Waals surface area contributed by atoms with Crippen LogP contribution in [-0.4, -0.2) is 52.3 Å². The Balaban J connectivity index is 1.34. The monoisotopic (exact) mass is 377 g/mol. The molecule has 27 heavy (non-hydrogen) atoms. The lowest BCUT2D eigenvalue weighted by Gasteiger charge is -2.21. The number of guanidine groups is 1. The third-order valence-corrected chi connectivity index (χ3v) is 4.65. The third-order valence-electron chi connectivity index (χ3n) is 4.65. The van der Waals surface area contributed by atoms with Crippen molar-refractivity contribution < 1.29 is 18.9 Å². The number of ether oxygens (including phenoxy) is 4. The molecular formula is C20H31N3O4. The van der Waals surface area contributed by atoms with Gasteiger partial charge in [0, 0.05) is 39.5 Å². The summed E-state index contributed by atoms with van der Waals surface area (Å²) in [4.78, 5) is 4.64. The van der Waals surface area contributed by atoms with Gasteiger partial charge in [-0.2, -0.15) is 0 Å². The minimum atomic E-state index is 0.294. The first kappa shape index (κ1) is 19.8. The number of aliphatic imine (C=N–C) groups is 1. The van der Waals surface area contributed by atoms with E-state index in [2.05, 4.69) is 22.5 Å². The van der Waals surface area contributed by atoms with E-state index in [1.165, 1.54) is 0 Å². The number of benzene rings is 1. The van der Waals surface area contributed by atoms with Gasteiger partial charge in [0.25, 0.3) is 0 Å². The van der Waals surface area contributed by atoms with Gasteiger partial charge in [-0.15, -0.1) is 0 Å². The number of hydrogen-bond donors (Lipinski definition) is 2. The Morgan fingerprint density at radius 2 is 2.04 bits per heavy atom. The predicted molar refractivity (Wildman–Crippen MR) is 104 cm³/mol. The molecule has 0 saturated carbocycles. The Labute approximate surface area is 161 Å². The molecule has 2 aliphatic rings.